The molecule has 0 amide bonds. The van der Waals surface area contributed by atoms with E-state index in [1.807, 2.05) is 0 Å². The molecule has 3 aromatic rings. The third kappa shape index (κ3) is 4.67. The molecule has 6 heteroatoms. The van der Waals surface area contributed by atoms with E-state index in [4.69, 9.17) is 9.47 Å². The van der Waals surface area contributed by atoms with Gasteiger partial charge in [-0.3, -0.25) is 4.72 Å². The predicted octanol–water partition coefficient (Wildman–Crippen LogP) is 4.11. The Morgan fingerprint density at radius 3 is 2.43 bits per heavy atom. The zero-order chi connectivity index (χ0) is 20.8. The molecular weight excluding hydrogens is 394 g/mol. The first-order chi connectivity index (χ1) is 14.8. The van der Waals surface area contributed by atoms with E-state index in [2.05, 4.69) is 69.5 Å². The molecule has 0 atom stereocenters. The van der Waals surface area contributed by atoms with Crippen molar-refractivity contribution >= 4 is 28.4 Å². The van der Waals surface area contributed by atoms with Gasteiger partial charge < -0.3 is 19.7 Å². The quantitative estimate of drug-likeness (QED) is 0.420. The van der Waals surface area contributed by atoms with Gasteiger partial charge in [-0.05, 0) is 53.6 Å². The van der Waals surface area contributed by atoms with Crippen molar-refractivity contribution < 1.29 is 9.47 Å². The van der Waals surface area contributed by atoms with Gasteiger partial charge in [0.1, 0.15) is 11.5 Å². The number of nitrogens with zero attached hydrogens (tertiary/aromatic N) is 1. The Labute approximate surface area is 182 Å². The highest BCUT2D eigenvalue weighted by Gasteiger charge is 2.15. The maximum Gasteiger partial charge on any atom is 0.142 e. The number of hydrogen-bond donors (Lipinski definition) is 2. The summed E-state index contributed by atoms with van der Waals surface area (Å²) in [5.74, 6) is 1.86. The first kappa shape index (κ1) is 20.8. The maximum absolute atomic E-state index is 5.59. The highest BCUT2D eigenvalue weighted by Crippen LogP contribution is 2.33. The lowest BCUT2D eigenvalue weighted by atomic mass is 10.0. The summed E-state index contributed by atoms with van der Waals surface area (Å²) in [4.78, 5) is 3.59. The lowest BCUT2D eigenvalue weighted by Crippen LogP contribution is -2.43. The second-order valence-corrected chi connectivity index (χ2v) is 8.25. The summed E-state index contributed by atoms with van der Waals surface area (Å²) in [6, 6.07) is 19.1. The predicted molar refractivity (Wildman–Crippen MR) is 126 cm³/mol. The topological polar surface area (TPSA) is 45.8 Å². The molecule has 0 unspecified atom stereocenters. The van der Waals surface area contributed by atoms with Crippen LogP contribution in [0.1, 0.15) is 5.56 Å². The van der Waals surface area contributed by atoms with Crippen LogP contribution < -0.4 is 24.4 Å². The van der Waals surface area contributed by atoms with Crippen LogP contribution in [0, 0.1) is 0 Å². The maximum atomic E-state index is 5.59. The number of nitrogens with one attached hydrogen (secondary N) is 2. The third-order valence-electron chi connectivity index (χ3n) is 5.49. The van der Waals surface area contributed by atoms with Gasteiger partial charge in [-0.15, -0.1) is 0 Å². The molecule has 5 nitrogen and oxygen atoms in total. The minimum atomic E-state index is 0.885. The molecule has 4 rings (SSSR count). The Balaban J connectivity index is 1.40. The van der Waals surface area contributed by atoms with Crippen LogP contribution in [0.4, 0.5) is 5.69 Å². The minimum absolute atomic E-state index is 0.885. The van der Waals surface area contributed by atoms with Crippen molar-refractivity contribution in [1.29, 1.82) is 0 Å². The first-order valence-electron chi connectivity index (χ1n) is 10.4. The van der Waals surface area contributed by atoms with Crippen molar-refractivity contribution in [1.82, 2.24) is 10.0 Å². The zero-order valence-electron chi connectivity index (χ0n) is 17.6. The highest BCUT2D eigenvalue weighted by molar-refractivity contribution is 7.97. The molecule has 0 aromatic heterocycles. The number of methoxy groups -OCH3 is 2. The van der Waals surface area contributed by atoms with Crippen LogP contribution in [-0.2, 0) is 6.42 Å². The van der Waals surface area contributed by atoms with E-state index in [1.165, 1.54) is 26.9 Å². The molecular formula is C24H29N3O2S. The van der Waals surface area contributed by atoms with Crippen molar-refractivity contribution in [2.45, 2.75) is 11.3 Å². The zero-order valence-corrected chi connectivity index (χ0v) is 18.4. The average molecular weight is 424 g/mol. The summed E-state index contributed by atoms with van der Waals surface area (Å²) in [7, 11) is 3.47. The Bertz CT molecular complexity index is 989. The van der Waals surface area contributed by atoms with E-state index < -0.39 is 0 Å². The molecule has 1 fully saturated rings. The fourth-order valence-electron chi connectivity index (χ4n) is 3.94. The van der Waals surface area contributed by atoms with E-state index in [0.717, 1.165) is 50.6 Å². The minimum Gasteiger partial charge on any atom is -0.496 e. The van der Waals surface area contributed by atoms with Crippen LogP contribution in [0.15, 0.2) is 59.5 Å². The summed E-state index contributed by atoms with van der Waals surface area (Å²) in [5.41, 5.74) is 2.50. The van der Waals surface area contributed by atoms with Gasteiger partial charge in [0.25, 0.3) is 0 Å². The van der Waals surface area contributed by atoms with Gasteiger partial charge in [0.15, 0.2) is 0 Å². The second-order valence-electron chi connectivity index (χ2n) is 7.29. The van der Waals surface area contributed by atoms with Crippen molar-refractivity contribution in [3.8, 4) is 11.5 Å². The monoisotopic (exact) mass is 423 g/mol. The van der Waals surface area contributed by atoms with Gasteiger partial charge in [-0.1, -0.05) is 30.3 Å². The lowest BCUT2D eigenvalue weighted by molar-refractivity contribution is 0.412. The van der Waals surface area contributed by atoms with E-state index in [1.54, 1.807) is 26.2 Å². The van der Waals surface area contributed by atoms with Gasteiger partial charge in [0.05, 0.1) is 19.9 Å². The molecule has 1 saturated heterocycles. The molecule has 158 valence electrons. The van der Waals surface area contributed by atoms with Crippen molar-refractivity contribution in [2.24, 2.45) is 0 Å². The molecule has 0 saturated carbocycles. The molecule has 1 aliphatic rings. The Morgan fingerprint density at radius 1 is 0.933 bits per heavy atom. The van der Waals surface area contributed by atoms with Crippen LogP contribution in [0.3, 0.4) is 0 Å². The van der Waals surface area contributed by atoms with Gasteiger partial charge in [-0.25, -0.2) is 0 Å². The summed E-state index contributed by atoms with van der Waals surface area (Å²) >= 11 is 1.68. The number of anilines is 1. The molecule has 1 heterocycles. The molecule has 30 heavy (non-hydrogen) atoms. The van der Waals surface area contributed by atoms with Gasteiger partial charge in [0.2, 0.25) is 0 Å². The fraction of sp³-hybridized carbons (Fsp3) is 0.333. The Hall–Kier alpha value is -2.41. The number of piperazine rings is 1. The van der Waals surface area contributed by atoms with E-state index in [9.17, 15) is 0 Å². The van der Waals surface area contributed by atoms with Gasteiger partial charge >= 0.3 is 0 Å². The van der Waals surface area contributed by atoms with E-state index in [0.29, 0.717) is 0 Å². The summed E-state index contributed by atoms with van der Waals surface area (Å²) in [5, 5.41) is 5.83. The smallest absolute Gasteiger partial charge is 0.142 e. The number of hydrogen-bond acceptors (Lipinski definition) is 6. The van der Waals surface area contributed by atoms with Crippen LogP contribution in [0.2, 0.25) is 0 Å². The number of benzene rings is 3. The van der Waals surface area contributed by atoms with Crippen molar-refractivity contribution in [3.63, 3.8) is 0 Å². The number of fused-ring (bicyclic) bond motifs is 1. The Kier molecular flexibility index (Phi) is 7.00. The third-order valence-corrected chi connectivity index (χ3v) is 6.33. The fourth-order valence-corrected chi connectivity index (χ4v) is 4.61. The van der Waals surface area contributed by atoms with Crippen LogP contribution in [0.25, 0.3) is 10.8 Å². The largest absolute Gasteiger partial charge is 0.496 e. The average Bonchev–Trinajstić information content (AvgIpc) is 2.82. The molecule has 0 bridgehead atoms. The SMILES string of the molecule is COc1ccc(SNCCc2ccc(OC)c3ccccc23)cc1N1CCNCC1. The first-order valence-corrected chi connectivity index (χ1v) is 11.2. The molecule has 2 N–H and O–H groups in total. The van der Waals surface area contributed by atoms with Crippen LogP contribution in [0.5, 0.6) is 11.5 Å². The number of ether oxygens (including phenoxy) is 2. The van der Waals surface area contributed by atoms with Crippen LogP contribution in [-0.4, -0.2) is 46.9 Å². The lowest BCUT2D eigenvalue weighted by Gasteiger charge is -2.30. The van der Waals surface area contributed by atoms with E-state index in [-0.39, 0.29) is 0 Å². The number of rotatable bonds is 8. The normalized spacial score (nSPS) is 14.1. The molecule has 3 aromatic carbocycles. The highest BCUT2D eigenvalue weighted by atomic mass is 32.2. The van der Waals surface area contributed by atoms with Crippen molar-refractivity contribution in [3.05, 3.63) is 60.2 Å². The van der Waals surface area contributed by atoms with E-state index >= 15 is 0 Å². The molecule has 0 spiro atoms. The van der Waals surface area contributed by atoms with Crippen LogP contribution >= 0.6 is 11.9 Å². The second kappa shape index (κ2) is 10.1. The van der Waals surface area contributed by atoms with Gasteiger partial charge in [0, 0.05) is 43.0 Å². The summed E-state index contributed by atoms with van der Waals surface area (Å²) in [6.07, 6.45) is 0.957. The summed E-state index contributed by atoms with van der Waals surface area (Å²) in [6.45, 7) is 4.91. The molecule has 0 radical (unpaired) electrons. The molecule has 0 aliphatic carbocycles. The Morgan fingerprint density at radius 2 is 1.67 bits per heavy atom. The van der Waals surface area contributed by atoms with Crippen molar-refractivity contribution in [2.75, 3.05) is 51.8 Å². The van der Waals surface area contributed by atoms with Gasteiger partial charge in [-0.2, -0.15) is 0 Å². The molecule has 1 aliphatic heterocycles. The standard InChI is InChI=1S/C24H29N3O2S/c1-28-23-9-7-18(20-5-3-4-6-21(20)23)11-12-26-30-19-8-10-24(29-2)22(17-19)27-15-13-25-14-16-27/h3-10,17,25-26H,11-16H2,1-2H3. The summed E-state index contributed by atoms with van der Waals surface area (Å²) < 4.78 is 14.6.